The maximum absolute atomic E-state index is 13.4. The summed E-state index contributed by atoms with van der Waals surface area (Å²) in [5, 5.41) is 10.7. The molecule has 0 unspecified atom stereocenters. The molecule has 0 saturated heterocycles. The van der Waals surface area contributed by atoms with E-state index in [1.54, 1.807) is 6.07 Å². The Balaban J connectivity index is 1.89. The van der Waals surface area contributed by atoms with E-state index in [0.29, 0.717) is 11.4 Å². The van der Waals surface area contributed by atoms with Crippen molar-refractivity contribution in [2.45, 2.75) is 4.90 Å². The Kier molecular flexibility index (Phi) is 5.20. The Morgan fingerprint density at radius 2 is 1.75 bits per heavy atom. The van der Waals surface area contributed by atoms with Crippen molar-refractivity contribution < 1.29 is 17.6 Å². The molecule has 11 heteroatoms. The Hall–Kier alpha value is -3.57. The fraction of sp³-hybridized carbons (Fsp3) is 0. The maximum Gasteiger partial charge on any atom is 0.254 e. The van der Waals surface area contributed by atoms with Crippen molar-refractivity contribution in [3.8, 4) is 0 Å². The Morgan fingerprint density at radius 3 is 2.36 bits per heavy atom. The van der Waals surface area contributed by atoms with E-state index in [-0.39, 0.29) is 22.2 Å². The second kappa shape index (κ2) is 7.58. The van der Waals surface area contributed by atoms with Crippen LogP contribution in [-0.2, 0) is 10.0 Å². The molecule has 6 N–H and O–H groups in total. The van der Waals surface area contributed by atoms with E-state index in [0.717, 1.165) is 0 Å². The number of hydrogen-bond acceptors (Lipinski definition) is 7. The fourth-order valence-electron chi connectivity index (χ4n) is 2.28. The number of rotatable bonds is 6. The number of aromatic nitrogens is 2. The number of halogens is 1. The zero-order valence-electron chi connectivity index (χ0n) is 14.3. The Morgan fingerprint density at radius 1 is 1.04 bits per heavy atom. The first-order chi connectivity index (χ1) is 13.2. The molecule has 3 rings (SSSR count). The zero-order chi connectivity index (χ0) is 20.3. The van der Waals surface area contributed by atoms with Gasteiger partial charge in [0.05, 0.1) is 4.90 Å². The summed E-state index contributed by atoms with van der Waals surface area (Å²) >= 11 is 0. The molecule has 0 aliphatic carbocycles. The van der Waals surface area contributed by atoms with Gasteiger partial charge in [-0.05, 0) is 42.5 Å². The van der Waals surface area contributed by atoms with Gasteiger partial charge in [-0.1, -0.05) is 6.07 Å². The summed E-state index contributed by atoms with van der Waals surface area (Å²) in [4.78, 5) is 19.8. The molecular formula is C17H15FN6O3S. The predicted octanol–water partition coefficient (Wildman–Crippen LogP) is 1.85. The summed E-state index contributed by atoms with van der Waals surface area (Å²) < 4.78 is 36.0. The molecule has 0 atom stereocenters. The quantitative estimate of drug-likeness (QED) is 0.491. The summed E-state index contributed by atoms with van der Waals surface area (Å²) in [7, 11) is -3.80. The molecule has 0 bridgehead atoms. The van der Waals surface area contributed by atoms with Gasteiger partial charge in [0.1, 0.15) is 17.2 Å². The number of sulfonamides is 1. The molecule has 0 fully saturated rings. The lowest BCUT2D eigenvalue weighted by Crippen LogP contribution is -2.15. The summed E-state index contributed by atoms with van der Waals surface area (Å²) in [6, 6.07) is 11.2. The van der Waals surface area contributed by atoms with Crippen molar-refractivity contribution in [2.75, 3.05) is 10.6 Å². The number of carbonyl (C=O) groups is 1. The third kappa shape index (κ3) is 4.58. The van der Waals surface area contributed by atoms with E-state index < -0.39 is 21.7 Å². The minimum absolute atomic E-state index is 0.0133. The second-order valence-corrected chi connectivity index (χ2v) is 7.21. The minimum atomic E-state index is -3.80. The van der Waals surface area contributed by atoms with Crippen LogP contribution in [0.3, 0.4) is 0 Å². The molecule has 1 amide bonds. The number of primary sulfonamides is 1. The van der Waals surface area contributed by atoms with E-state index >= 15 is 0 Å². The van der Waals surface area contributed by atoms with Gasteiger partial charge in [0.25, 0.3) is 5.91 Å². The summed E-state index contributed by atoms with van der Waals surface area (Å²) in [5.41, 5.74) is 6.20. The molecule has 0 radical (unpaired) electrons. The van der Waals surface area contributed by atoms with E-state index in [9.17, 15) is 17.6 Å². The highest BCUT2D eigenvalue weighted by atomic mass is 32.2. The summed E-state index contributed by atoms with van der Waals surface area (Å²) in [6.45, 7) is 0. The largest absolute Gasteiger partial charge is 0.365 e. The van der Waals surface area contributed by atoms with Crippen LogP contribution in [0, 0.1) is 5.82 Å². The summed E-state index contributed by atoms with van der Waals surface area (Å²) in [5.74, 6) is -1.04. The van der Waals surface area contributed by atoms with Crippen molar-refractivity contribution in [1.82, 2.24) is 9.97 Å². The normalized spacial score (nSPS) is 11.1. The first-order valence-corrected chi connectivity index (χ1v) is 9.36. The number of nitrogens with one attached hydrogen (secondary N) is 2. The average molecular weight is 402 g/mol. The van der Waals surface area contributed by atoms with Crippen LogP contribution in [-0.4, -0.2) is 24.3 Å². The number of primary amides is 1. The molecule has 0 aliphatic rings. The van der Waals surface area contributed by atoms with Crippen molar-refractivity contribution in [2.24, 2.45) is 10.9 Å². The predicted molar refractivity (Wildman–Crippen MR) is 101 cm³/mol. The molecule has 0 aliphatic heterocycles. The van der Waals surface area contributed by atoms with Gasteiger partial charge in [0.2, 0.25) is 16.0 Å². The molecule has 144 valence electrons. The van der Waals surface area contributed by atoms with Crippen molar-refractivity contribution >= 4 is 39.1 Å². The smallest absolute Gasteiger partial charge is 0.254 e. The van der Waals surface area contributed by atoms with Crippen LogP contribution < -0.4 is 21.5 Å². The number of carbonyl (C=O) groups excluding carboxylic acids is 1. The second-order valence-electron chi connectivity index (χ2n) is 5.65. The van der Waals surface area contributed by atoms with Crippen LogP contribution in [0.5, 0.6) is 0 Å². The van der Waals surface area contributed by atoms with Crippen molar-refractivity contribution in [3.05, 3.63) is 66.1 Å². The zero-order valence-corrected chi connectivity index (χ0v) is 15.1. The molecule has 28 heavy (non-hydrogen) atoms. The van der Waals surface area contributed by atoms with Gasteiger partial charge in [0.15, 0.2) is 0 Å². The highest BCUT2D eigenvalue weighted by Crippen LogP contribution is 2.22. The van der Waals surface area contributed by atoms with Gasteiger partial charge in [-0.3, -0.25) is 4.79 Å². The maximum atomic E-state index is 13.4. The number of benzene rings is 2. The molecule has 3 aromatic rings. The Bertz CT molecular complexity index is 1140. The van der Waals surface area contributed by atoms with Crippen LogP contribution in [0.1, 0.15) is 10.4 Å². The monoisotopic (exact) mass is 402 g/mol. The molecule has 9 nitrogen and oxygen atoms in total. The molecule has 0 saturated carbocycles. The summed E-state index contributed by atoms with van der Waals surface area (Å²) in [6.07, 6.45) is 1.22. The average Bonchev–Trinajstić information content (AvgIpc) is 2.61. The van der Waals surface area contributed by atoms with E-state index in [4.69, 9.17) is 10.9 Å². The third-order valence-corrected chi connectivity index (χ3v) is 4.51. The lowest BCUT2D eigenvalue weighted by molar-refractivity contribution is 0.100. The number of nitrogens with zero attached hydrogens (tertiary/aromatic N) is 2. The number of anilines is 4. The molecule has 0 spiro atoms. The lowest BCUT2D eigenvalue weighted by atomic mass is 10.2. The van der Waals surface area contributed by atoms with Gasteiger partial charge in [0, 0.05) is 17.6 Å². The van der Waals surface area contributed by atoms with Gasteiger partial charge < -0.3 is 16.4 Å². The number of nitrogens with two attached hydrogens (primary N) is 2. The highest BCUT2D eigenvalue weighted by Gasteiger charge is 2.13. The van der Waals surface area contributed by atoms with Crippen LogP contribution >= 0.6 is 0 Å². The highest BCUT2D eigenvalue weighted by molar-refractivity contribution is 7.89. The van der Waals surface area contributed by atoms with Crippen LogP contribution in [0.25, 0.3) is 0 Å². The van der Waals surface area contributed by atoms with Crippen molar-refractivity contribution in [3.63, 3.8) is 0 Å². The topological polar surface area (TPSA) is 153 Å². The molecular weight excluding hydrogens is 387 g/mol. The van der Waals surface area contributed by atoms with Crippen molar-refractivity contribution in [1.29, 1.82) is 0 Å². The van der Waals surface area contributed by atoms with E-state index in [1.165, 1.54) is 48.7 Å². The van der Waals surface area contributed by atoms with Gasteiger partial charge in [-0.2, -0.15) is 4.98 Å². The van der Waals surface area contributed by atoms with Gasteiger partial charge in [-0.25, -0.2) is 22.9 Å². The lowest BCUT2D eigenvalue weighted by Gasteiger charge is -2.12. The molecule has 1 heterocycles. The third-order valence-electron chi connectivity index (χ3n) is 3.58. The molecule has 1 aromatic heterocycles. The van der Waals surface area contributed by atoms with Gasteiger partial charge >= 0.3 is 0 Å². The number of hydrogen-bond donors (Lipinski definition) is 4. The number of amides is 1. The fourth-order valence-corrected chi connectivity index (χ4v) is 2.79. The Labute approximate surface area is 159 Å². The van der Waals surface area contributed by atoms with Gasteiger partial charge in [-0.15, -0.1) is 0 Å². The first kappa shape index (κ1) is 19.2. The van der Waals surface area contributed by atoms with E-state index in [1.807, 2.05) is 0 Å². The van der Waals surface area contributed by atoms with Crippen LogP contribution in [0.15, 0.2) is 59.6 Å². The van der Waals surface area contributed by atoms with E-state index in [2.05, 4.69) is 20.6 Å². The SMILES string of the molecule is NC(=O)c1cnc(Nc2ccc(S(N)(=O)=O)cc2)nc1Nc1cccc(F)c1. The first-order valence-electron chi connectivity index (χ1n) is 7.82. The standard InChI is InChI=1S/C17H15FN6O3S/c18-10-2-1-3-12(8-10)22-16-14(15(19)25)9-21-17(24-16)23-11-4-6-13(7-5-11)28(20,26)27/h1-9H,(H2,19,25)(H2,20,26,27)(H2,21,22,23,24). The molecule has 2 aromatic carbocycles. The van der Waals surface area contributed by atoms with Crippen LogP contribution in [0.2, 0.25) is 0 Å². The minimum Gasteiger partial charge on any atom is -0.365 e. The van der Waals surface area contributed by atoms with Crippen LogP contribution in [0.4, 0.5) is 27.5 Å².